The van der Waals surface area contributed by atoms with E-state index >= 15 is 0 Å². The van der Waals surface area contributed by atoms with Crippen molar-refractivity contribution < 1.29 is 18.7 Å². The number of nitrogens with zero attached hydrogens (tertiary/aromatic N) is 2. The molecule has 0 radical (unpaired) electrons. The topological polar surface area (TPSA) is 81.7 Å². The Labute approximate surface area is 177 Å². The molecular weight excluding hydrogens is 408 g/mol. The molecule has 2 atom stereocenters. The molecule has 8 heteroatoms. The van der Waals surface area contributed by atoms with E-state index in [4.69, 9.17) is 20.8 Å². The lowest BCUT2D eigenvalue weighted by Crippen LogP contribution is -2.43. The van der Waals surface area contributed by atoms with Crippen molar-refractivity contribution >= 4 is 40.3 Å². The van der Waals surface area contributed by atoms with Gasteiger partial charge in [0.1, 0.15) is 0 Å². The number of esters is 1. The van der Waals surface area contributed by atoms with Gasteiger partial charge in [-0.25, -0.2) is 4.79 Å². The zero-order valence-electron chi connectivity index (χ0n) is 16.6. The number of benzene rings is 2. The highest BCUT2D eigenvalue weighted by molar-refractivity contribution is 6.31. The summed E-state index contributed by atoms with van der Waals surface area (Å²) in [5.41, 5.74) is 2.85. The van der Waals surface area contributed by atoms with E-state index in [0.717, 1.165) is 17.7 Å². The third-order valence-corrected chi connectivity index (χ3v) is 5.51. The third kappa shape index (κ3) is 3.73. The fourth-order valence-corrected chi connectivity index (χ4v) is 4.02. The molecule has 1 aliphatic rings. The summed E-state index contributed by atoms with van der Waals surface area (Å²) in [5.74, 6) is -1.40. The summed E-state index contributed by atoms with van der Waals surface area (Å²) in [6, 6.07) is 12.6. The van der Waals surface area contributed by atoms with E-state index < -0.39 is 17.8 Å². The largest absolute Gasteiger partial charge is 0.452 e. The van der Waals surface area contributed by atoms with Crippen LogP contribution in [0.15, 0.2) is 51.7 Å². The lowest BCUT2D eigenvalue weighted by molar-refractivity contribution is -0.154. The number of carbonyl (C=O) groups excluding carboxylic acids is 2. The van der Waals surface area contributed by atoms with Crippen LogP contribution in [-0.4, -0.2) is 28.6 Å². The molecule has 0 unspecified atom stereocenters. The van der Waals surface area contributed by atoms with Gasteiger partial charge in [0, 0.05) is 29.4 Å². The van der Waals surface area contributed by atoms with Gasteiger partial charge in [-0.15, -0.1) is 0 Å². The number of rotatable bonds is 5. The van der Waals surface area contributed by atoms with Crippen molar-refractivity contribution in [2.45, 2.75) is 45.4 Å². The van der Waals surface area contributed by atoms with Crippen molar-refractivity contribution in [2.24, 2.45) is 0 Å². The number of oxazole rings is 1. The van der Waals surface area contributed by atoms with E-state index in [-0.39, 0.29) is 24.9 Å². The van der Waals surface area contributed by atoms with Gasteiger partial charge in [-0.05, 0) is 44.0 Å². The van der Waals surface area contributed by atoms with Crippen LogP contribution < -0.4 is 10.7 Å². The molecule has 0 bridgehead atoms. The molecule has 7 nitrogen and oxygen atoms in total. The molecule has 1 aliphatic heterocycles. The average Bonchev–Trinajstić information content (AvgIpc) is 3.20. The molecular formula is C22H21ClN2O5. The molecule has 0 N–H and O–H groups in total. The Kier molecular flexibility index (Phi) is 5.39. The first-order valence-electron chi connectivity index (χ1n) is 9.74. The summed E-state index contributed by atoms with van der Waals surface area (Å²) in [6.07, 6.45) is -0.230. The highest BCUT2D eigenvalue weighted by Gasteiger charge is 2.34. The lowest BCUT2D eigenvalue weighted by atomic mass is 10.1. The number of ether oxygens (including phenoxy) is 1. The number of amides is 1. The molecule has 0 fully saturated rings. The maximum absolute atomic E-state index is 12.9. The van der Waals surface area contributed by atoms with Crippen LogP contribution in [0.1, 0.15) is 25.8 Å². The molecule has 2 heterocycles. The van der Waals surface area contributed by atoms with Gasteiger partial charge in [0.05, 0.1) is 11.9 Å². The van der Waals surface area contributed by atoms with Crippen LogP contribution in [0.4, 0.5) is 5.69 Å². The molecule has 30 heavy (non-hydrogen) atoms. The fourth-order valence-electron chi connectivity index (χ4n) is 3.86. The van der Waals surface area contributed by atoms with E-state index in [0.29, 0.717) is 16.1 Å². The lowest BCUT2D eigenvalue weighted by Gasteiger charge is -2.25. The highest BCUT2D eigenvalue weighted by Crippen LogP contribution is 2.32. The van der Waals surface area contributed by atoms with Gasteiger partial charge in [-0.1, -0.05) is 29.8 Å². The Morgan fingerprint density at radius 2 is 2.03 bits per heavy atom. The highest BCUT2D eigenvalue weighted by atomic mass is 35.5. The summed E-state index contributed by atoms with van der Waals surface area (Å²) < 4.78 is 11.9. The minimum Gasteiger partial charge on any atom is -0.452 e. The number of halogens is 1. The summed E-state index contributed by atoms with van der Waals surface area (Å²) in [4.78, 5) is 39.0. The second kappa shape index (κ2) is 7.99. The van der Waals surface area contributed by atoms with Crippen LogP contribution >= 0.6 is 11.6 Å². The van der Waals surface area contributed by atoms with Crippen molar-refractivity contribution in [3.8, 4) is 0 Å². The van der Waals surface area contributed by atoms with Gasteiger partial charge >= 0.3 is 11.7 Å². The summed E-state index contributed by atoms with van der Waals surface area (Å²) in [5, 5.41) is 0.452. The molecule has 156 valence electrons. The molecule has 0 spiro atoms. The van der Waals surface area contributed by atoms with Crippen LogP contribution in [0, 0.1) is 0 Å². The predicted molar refractivity (Wildman–Crippen MR) is 113 cm³/mol. The maximum atomic E-state index is 12.9. The second-order valence-electron chi connectivity index (χ2n) is 7.40. The molecule has 0 saturated carbocycles. The summed E-state index contributed by atoms with van der Waals surface area (Å²) in [7, 11) is 0. The van der Waals surface area contributed by atoms with Crippen molar-refractivity contribution in [3.05, 3.63) is 63.6 Å². The van der Waals surface area contributed by atoms with E-state index in [1.54, 1.807) is 30.0 Å². The van der Waals surface area contributed by atoms with Crippen LogP contribution in [0.2, 0.25) is 5.02 Å². The fraction of sp³-hybridized carbons (Fsp3) is 0.318. The quantitative estimate of drug-likeness (QED) is 0.580. The van der Waals surface area contributed by atoms with Gasteiger partial charge in [-0.2, -0.15) is 0 Å². The van der Waals surface area contributed by atoms with Crippen molar-refractivity contribution in [1.29, 1.82) is 0 Å². The van der Waals surface area contributed by atoms with E-state index in [1.807, 2.05) is 31.2 Å². The summed E-state index contributed by atoms with van der Waals surface area (Å²) in [6.45, 7) is 3.61. The number of hydrogen-bond acceptors (Lipinski definition) is 5. The minimum atomic E-state index is -0.928. The average molecular weight is 429 g/mol. The minimum absolute atomic E-state index is 0.00116. The normalized spacial score (nSPS) is 16.5. The Morgan fingerprint density at radius 3 is 2.83 bits per heavy atom. The summed E-state index contributed by atoms with van der Waals surface area (Å²) >= 11 is 5.91. The zero-order chi connectivity index (χ0) is 21.4. The van der Waals surface area contributed by atoms with Gasteiger partial charge in [0.15, 0.2) is 11.7 Å². The third-order valence-electron chi connectivity index (χ3n) is 5.27. The number of para-hydroxylation sites is 1. The Hall–Kier alpha value is -3.06. The van der Waals surface area contributed by atoms with Crippen LogP contribution in [-0.2, 0) is 27.3 Å². The number of hydrogen-bond donors (Lipinski definition) is 0. The van der Waals surface area contributed by atoms with E-state index in [1.165, 1.54) is 4.57 Å². The first-order valence-corrected chi connectivity index (χ1v) is 10.1. The van der Waals surface area contributed by atoms with Gasteiger partial charge in [0.25, 0.3) is 5.91 Å². The zero-order valence-corrected chi connectivity index (χ0v) is 17.4. The Bertz CT molecular complexity index is 1180. The Morgan fingerprint density at radius 1 is 1.27 bits per heavy atom. The van der Waals surface area contributed by atoms with Crippen molar-refractivity contribution in [3.63, 3.8) is 0 Å². The number of anilines is 1. The van der Waals surface area contributed by atoms with E-state index in [2.05, 4.69) is 0 Å². The first kappa shape index (κ1) is 20.2. The molecule has 1 aromatic heterocycles. The molecule has 0 saturated heterocycles. The van der Waals surface area contributed by atoms with Crippen molar-refractivity contribution in [2.75, 3.05) is 4.90 Å². The number of aryl methyl sites for hydroxylation is 1. The van der Waals surface area contributed by atoms with Gasteiger partial charge < -0.3 is 14.1 Å². The molecule has 0 aliphatic carbocycles. The Balaban J connectivity index is 1.41. The molecule has 1 amide bonds. The number of carbonyl (C=O) groups is 2. The smallest absolute Gasteiger partial charge is 0.419 e. The monoisotopic (exact) mass is 428 g/mol. The SMILES string of the molecule is C[C@H](OC(=O)CCn1c(=O)oc2cc(Cl)ccc21)C(=O)N1c2ccccc2C[C@H]1C. The molecule has 3 aromatic rings. The maximum Gasteiger partial charge on any atom is 0.419 e. The number of fused-ring (bicyclic) bond motifs is 2. The van der Waals surface area contributed by atoms with Crippen LogP contribution in [0.5, 0.6) is 0 Å². The standard InChI is InChI=1S/C22H21ClN2O5/c1-13-11-15-5-3-4-6-17(15)25(13)21(27)14(2)29-20(26)9-10-24-18-8-7-16(23)12-19(18)30-22(24)28/h3-8,12-14H,9-11H2,1-2H3/t13-,14+/m1/s1. The van der Waals surface area contributed by atoms with Gasteiger partial charge in [-0.3, -0.25) is 14.2 Å². The number of aromatic nitrogens is 1. The second-order valence-corrected chi connectivity index (χ2v) is 7.84. The van der Waals surface area contributed by atoms with Crippen LogP contribution in [0.3, 0.4) is 0 Å². The van der Waals surface area contributed by atoms with Crippen molar-refractivity contribution in [1.82, 2.24) is 4.57 Å². The first-order chi connectivity index (χ1) is 14.3. The van der Waals surface area contributed by atoms with Gasteiger partial charge in [0.2, 0.25) is 0 Å². The molecule has 2 aromatic carbocycles. The predicted octanol–water partition coefficient (Wildman–Crippen LogP) is 3.55. The molecule has 4 rings (SSSR count). The van der Waals surface area contributed by atoms with E-state index in [9.17, 15) is 14.4 Å². The van der Waals surface area contributed by atoms with Crippen LogP contribution in [0.25, 0.3) is 11.1 Å².